The number of unbranched alkanes of at least 4 members (excludes halogenated alkanes) is 6. The molecule has 0 amide bonds. The van der Waals surface area contributed by atoms with Crippen molar-refractivity contribution in [3.05, 3.63) is 17.7 Å². The number of carboxylic acid groups (broad SMARTS) is 1. The van der Waals surface area contributed by atoms with E-state index >= 15 is 0 Å². The second-order valence-electron chi connectivity index (χ2n) is 9.38. The molecule has 5 nitrogen and oxygen atoms in total. The van der Waals surface area contributed by atoms with Crippen LogP contribution in [0.3, 0.4) is 0 Å². The van der Waals surface area contributed by atoms with E-state index in [4.69, 9.17) is 14.2 Å². The van der Waals surface area contributed by atoms with Crippen LogP contribution in [0.25, 0.3) is 0 Å². The predicted molar refractivity (Wildman–Crippen MR) is 136 cm³/mol. The van der Waals surface area contributed by atoms with Crippen LogP contribution in [0.2, 0.25) is 0 Å². The zero-order valence-corrected chi connectivity index (χ0v) is 22.0. The van der Waals surface area contributed by atoms with Crippen LogP contribution in [-0.4, -0.2) is 29.4 Å². The van der Waals surface area contributed by atoms with E-state index in [-0.39, 0.29) is 23.9 Å². The van der Waals surface area contributed by atoms with E-state index in [1.807, 2.05) is 13.8 Å². The lowest BCUT2D eigenvalue weighted by Gasteiger charge is -2.25. The maximum Gasteiger partial charge on any atom is 0.335 e. The maximum atomic E-state index is 11.9. The number of rotatable bonds is 19. The Labute approximate surface area is 202 Å². The summed E-state index contributed by atoms with van der Waals surface area (Å²) in [7, 11) is 0. The molecule has 1 N–H and O–H groups in total. The SMILES string of the molecule is CCCCCC(C)Oc1cc(C(=O)O)cc(OC(C)CCCCC)c1OC(C)CCCCC. The topological polar surface area (TPSA) is 65.0 Å². The third kappa shape index (κ3) is 11.7. The van der Waals surface area contributed by atoms with E-state index in [1.165, 1.54) is 6.42 Å². The number of ether oxygens (including phenoxy) is 3. The summed E-state index contributed by atoms with van der Waals surface area (Å²) in [4.78, 5) is 11.9. The van der Waals surface area contributed by atoms with E-state index < -0.39 is 5.97 Å². The Balaban J connectivity index is 3.20. The molecule has 3 atom stereocenters. The molecule has 1 aromatic carbocycles. The second kappa shape index (κ2) is 16.7. The van der Waals surface area contributed by atoms with Gasteiger partial charge in [-0.25, -0.2) is 4.79 Å². The summed E-state index contributed by atoms with van der Waals surface area (Å²) >= 11 is 0. The largest absolute Gasteiger partial charge is 0.487 e. The van der Waals surface area contributed by atoms with Crippen molar-refractivity contribution in [3.8, 4) is 17.2 Å². The molecule has 0 aliphatic heterocycles. The smallest absolute Gasteiger partial charge is 0.335 e. The summed E-state index contributed by atoms with van der Waals surface area (Å²) in [6.07, 6.45) is 12.9. The van der Waals surface area contributed by atoms with E-state index in [0.29, 0.717) is 17.2 Å². The van der Waals surface area contributed by atoms with Crippen LogP contribution in [0.5, 0.6) is 17.2 Å². The fourth-order valence-corrected chi connectivity index (χ4v) is 3.85. The van der Waals surface area contributed by atoms with Gasteiger partial charge in [-0.3, -0.25) is 0 Å². The molecule has 1 aromatic rings. The van der Waals surface area contributed by atoms with Crippen LogP contribution >= 0.6 is 0 Å². The molecule has 0 heterocycles. The summed E-state index contributed by atoms with van der Waals surface area (Å²) in [6, 6.07) is 3.17. The highest BCUT2D eigenvalue weighted by Crippen LogP contribution is 2.41. The van der Waals surface area contributed by atoms with Gasteiger partial charge < -0.3 is 19.3 Å². The molecule has 5 heteroatoms. The Morgan fingerprint density at radius 1 is 0.697 bits per heavy atom. The van der Waals surface area contributed by atoms with Gasteiger partial charge in [-0.05, 0) is 71.4 Å². The van der Waals surface area contributed by atoms with Gasteiger partial charge in [0.1, 0.15) is 0 Å². The lowest BCUT2D eigenvalue weighted by atomic mass is 10.1. The van der Waals surface area contributed by atoms with Gasteiger partial charge in [0.25, 0.3) is 0 Å². The maximum absolute atomic E-state index is 11.9. The Kier molecular flexibility index (Phi) is 14.7. The zero-order valence-electron chi connectivity index (χ0n) is 22.0. The van der Waals surface area contributed by atoms with Gasteiger partial charge in [0.05, 0.1) is 23.9 Å². The Bertz CT molecular complexity index is 633. The van der Waals surface area contributed by atoms with Crippen LogP contribution < -0.4 is 14.2 Å². The molecule has 0 fully saturated rings. The second-order valence-corrected chi connectivity index (χ2v) is 9.38. The number of hydrogen-bond donors (Lipinski definition) is 1. The summed E-state index contributed by atoms with van der Waals surface area (Å²) < 4.78 is 18.9. The summed E-state index contributed by atoms with van der Waals surface area (Å²) in [5.74, 6) is 0.479. The summed E-state index contributed by atoms with van der Waals surface area (Å²) in [5.41, 5.74) is 0.160. The molecule has 0 radical (unpaired) electrons. The number of carboxylic acids is 1. The van der Waals surface area contributed by atoms with Gasteiger partial charge in [0.2, 0.25) is 5.75 Å². The Morgan fingerprint density at radius 3 is 1.39 bits per heavy atom. The highest BCUT2D eigenvalue weighted by molar-refractivity contribution is 5.89. The first-order valence-electron chi connectivity index (χ1n) is 13.2. The standard InChI is InChI=1S/C28H48O5/c1-7-10-13-16-21(4)31-25-19-24(28(29)30)20-26(32-22(5)17-14-11-8-2)27(25)33-23(6)18-15-12-9-3/h19-23H,7-18H2,1-6H3,(H,29,30). The average molecular weight is 465 g/mol. The molecule has 190 valence electrons. The molecular weight excluding hydrogens is 416 g/mol. The fraction of sp³-hybridized carbons (Fsp3) is 0.750. The van der Waals surface area contributed by atoms with Gasteiger partial charge in [-0.1, -0.05) is 59.3 Å². The fourth-order valence-electron chi connectivity index (χ4n) is 3.85. The molecule has 33 heavy (non-hydrogen) atoms. The number of aromatic carboxylic acids is 1. The molecule has 0 spiro atoms. The normalized spacial score (nSPS) is 13.9. The van der Waals surface area contributed by atoms with E-state index in [9.17, 15) is 9.90 Å². The van der Waals surface area contributed by atoms with Crippen LogP contribution in [0, 0.1) is 0 Å². The van der Waals surface area contributed by atoms with Crippen LogP contribution in [0.4, 0.5) is 0 Å². The minimum atomic E-state index is -0.996. The van der Waals surface area contributed by atoms with Crippen molar-refractivity contribution < 1.29 is 24.1 Å². The van der Waals surface area contributed by atoms with Gasteiger partial charge in [0.15, 0.2) is 11.5 Å². The molecule has 3 unspecified atom stereocenters. The highest BCUT2D eigenvalue weighted by atomic mass is 16.6. The Morgan fingerprint density at radius 2 is 1.06 bits per heavy atom. The molecule has 0 aromatic heterocycles. The highest BCUT2D eigenvalue weighted by Gasteiger charge is 2.23. The molecule has 0 saturated carbocycles. The zero-order chi connectivity index (χ0) is 24.6. The van der Waals surface area contributed by atoms with Crippen molar-refractivity contribution in [2.45, 2.75) is 137 Å². The first-order valence-corrected chi connectivity index (χ1v) is 13.2. The first-order chi connectivity index (χ1) is 15.8. The third-order valence-electron chi connectivity index (χ3n) is 5.89. The molecule has 0 saturated heterocycles. The monoisotopic (exact) mass is 464 g/mol. The van der Waals surface area contributed by atoms with E-state index in [1.54, 1.807) is 12.1 Å². The number of hydrogen-bond acceptors (Lipinski definition) is 4. The van der Waals surface area contributed by atoms with Gasteiger partial charge in [-0.2, -0.15) is 0 Å². The van der Waals surface area contributed by atoms with Crippen LogP contribution in [-0.2, 0) is 0 Å². The third-order valence-corrected chi connectivity index (χ3v) is 5.89. The van der Waals surface area contributed by atoms with Crippen molar-refractivity contribution in [2.24, 2.45) is 0 Å². The number of benzene rings is 1. The summed E-state index contributed by atoms with van der Waals surface area (Å²) in [6.45, 7) is 12.7. The van der Waals surface area contributed by atoms with Crippen molar-refractivity contribution in [2.75, 3.05) is 0 Å². The average Bonchev–Trinajstić information content (AvgIpc) is 2.76. The lowest BCUT2D eigenvalue weighted by molar-refractivity contribution is 0.0694. The van der Waals surface area contributed by atoms with Crippen molar-refractivity contribution in [1.29, 1.82) is 0 Å². The lowest BCUT2D eigenvalue weighted by Crippen LogP contribution is -2.19. The quantitative estimate of drug-likeness (QED) is 0.208. The molecular formula is C28H48O5. The van der Waals surface area contributed by atoms with Crippen molar-refractivity contribution in [3.63, 3.8) is 0 Å². The van der Waals surface area contributed by atoms with Crippen molar-refractivity contribution in [1.82, 2.24) is 0 Å². The minimum Gasteiger partial charge on any atom is -0.487 e. The van der Waals surface area contributed by atoms with Gasteiger partial charge >= 0.3 is 5.97 Å². The first kappa shape index (κ1) is 29.1. The van der Waals surface area contributed by atoms with Crippen LogP contribution in [0.15, 0.2) is 12.1 Å². The van der Waals surface area contributed by atoms with Gasteiger partial charge in [-0.15, -0.1) is 0 Å². The van der Waals surface area contributed by atoms with Crippen LogP contribution in [0.1, 0.15) is 129 Å². The Hall–Kier alpha value is -1.91. The van der Waals surface area contributed by atoms with E-state index in [0.717, 1.165) is 70.6 Å². The number of carbonyl (C=O) groups is 1. The van der Waals surface area contributed by atoms with E-state index in [2.05, 4.69) is 27.7 Å². The molecule has 0 aliphatic rings. The molecule has 1 rings (SSSR count). The molecule has 0 aliphatic carbocycles. The van der Waals surface area contributed by atoms with Crippen molar-refractivity contribution >= 4 is 5.97 Å². The molecule has 0 bridgehead atoms. The predicted octanol–water partition coefficient (Wildman–Crippen LogP) is 8.43. The minimum absolute atomic E-state index is 0.0114. The van der Waals surface area contributed by atoms with Gasteiger partial charge in [0, 0.05) is 0 Å². The summed E-state index contributed by atoms with van der Waals surface area (Å²) in [5, 5.41) is 9.71.